The van der Waals surface area contributed by atoms with Crippen LogP contribution in [-0.4, -0.2) is 24.2 Å². The van der Waals surface area contributed by atoms with E-state index in [-0.39, 0.29) is 12.4 Å². The van der Waals surface area contributed by atoms with E-state index in [4.69, 9.17) is 14.6 Å². The Balaban J connectivity index is 2.37. The minimum atomic E-state index is -0.803. The van der Waals surface area contributed by atoms with Crippen LogP contribution in [0.3, 0.4) is 0 Å². The quantitative estimate of drug-likeness (QED) is 0.643. The van der Waals surface area contributed by atoms with Crippen molar-refractivity contribution in [2.75, 3.05) is 7.11 Å². The first-order valence-corrected chi connectivity index (χ1v) is 7.60. The van der Waals surface area contributed by atoms with Crippen LogP contribution < -0.4 is 4.74 Å². The summed E-state index contributed by atoms with van der Waals surface area (Å²) in [4.78, 5) is 22.6. The second kappa shape index (κ2) is 6.86. The maximum absolute atomic E-state index is 12.0. The monoisotopic (exact) mass is 318 g/mol. The molecular formula is C18H22O5. The van der Waals surface area contributed by atoms with E-state index in [9.17, 15) is 9.59 Å². The molecule has 0 saturated carbocycles. The van der Waals surface area contributed by atoms with Crippen molar-refractivity contribution in [3.63, 3.8) is 0 Å². The molecule has 0 amide bonds. The highest BCUT2D eigenvalue weighted by Crippen LogP contribution is 2.37. The van der Waals surface area contributed by atoms with Crippen molar-refractivity contribution in [1.82, 2.24) is 0 Å². The Morgan fingerprint density at radius 1 is 1.30 bits per heavy atom. The zero-order valence-corrected chi connectivity index (χ0v) is 14.0. The van der Waals surface area contributed by atoms with Crippen molar-refractivity contribution in [2.24, 2.45) is 0 Å². The highest BCUT2D eigenvalue weighted by Gasteiger charge is 2.29. The Morgan fingerprint density at radius 2 is 2.00 bits per heavy atom. The van der Waals surface area contributed by atoms with E-state index in [1.807, 2.05) is 26.8 Å². The first kappa shape index (κ1) is 17.1. The molecule has 0 atom stereocenters. The minimum absolute atomic E-state index is 0.119. The molecule has 0 spiro atoms. The summed E-state index contributed by atoms with van der Waals surface area (Å²) >= 11 is 0. The second-order valence-electron chi connectivity index (χ2n) is 5.84. The molecule has 0 aromatic heterocycles. The lowest BCUT2D eigenvalue weighted by atomic mass is 9.91. The largest absolute Gasteiger partial charge is 0.496 e. The third-order valence-electron chi connectivity index (χ3n) is 4.34. The smallest absolute Gasteiger partial charge is 0.339 e. The SMILES string of the molecule is COc1c(C)c2c(c(C)c1CC=C(C)CCC(=O)O)C(=O)OC2. The Kier molecular flexibility index (Phi) is 5.08. The average molecular weight is 318 g/mol. The molecule has 1 aliphatic rings. The fourth-order valence-corrected chi connectivity index (χ4v) is 2.97. The van der Waals surface area contributed by atoms with E-state index in [1.165, 1.54) is 0 Å². The van der Waals surface area contributed by atoms with E-state index in [0.29, 0.717) is 25.0 Å². The van der Waals surface area contributed by atoms with Crippen LogP contribution in [0.2, 0.25) is 0 Å². The zero-order chi connectivity index (χ0) is 17.1. The summed E-state index contributed by atoms with van der Waals surface area (Å²) in [6.07, 6.45) is 3.23. The highest BCUT2D eigenvalue weighted by molar-refractivity contribution is 5.96. The van der Waals surface area contributed by atoms with Crippen LogP contribution >= 0.6 is 0 Å². The molecule has 5 nitrogen and oxygen atoms in total. The fraction of sp³-hybridized carbons (Fsp3) is 0.444. The first-order chi connectivity index (χ1) is 10.9. The molecule has 124 valence electrons. The van der Waals surface area contributed by atoms with Crippen LogP contribution in [-0.2, 0) is 22.6 Å². The van der Waals surface area contributed by atoms with Crippen LogP contribution in [0.5, 0.6) is 5.75 Å². The fourth-order valence-electron chi connectivity index (χ4n) is 2.97. The van der Waals surface area contributed by atoms with Crippen molar-refractivity contribution in [3.8, 4) is 5.75 Å². The van der Waals surface area contributed by atoms with Crippen LogP contribution in [0, 0.1) is 13.8 Å². The van der Waals surface area contributed by atoms with Crippen molar-refractivity contribution >= 4 is 11.9 Å². The average Bonchev–Trinajstić information content (AvgIpc) is 2.89. The molecule has 5 heteroatoms. The lowest BCUT2D eigenvalue weighted by molar-refractivity contribution is -0.136. The van der Waals surface area contributed by atoms with Crippen LogP contribution in [0.15, 0.2) is 11.6 Å². The number of carboxylic acid groups (broad SMARTS) is 1. The molecule has 2 rings (SSSR count). The van der Waals surface area contributed by atoms with Gasteiger partial charge in [0.15, 0.2) is 0 Å². The molecule has 1 heterocycles. The molecule has 0 aliphatic carbocycles. The highest BCUT2D eigenvalue weighted by atomic mass is 16.5. The van der Waals surface area contributed by atoms with Crippen LogP contribution in [0.1, 0.15) is 52.4 Å². The summed E-state index contributed by atoms with van der Waals surface area (Å²) < 4.78 is 10.7. The van der Waals surface area contributed by atoms with Gasteiger partial charge in [-0.2, -0.15) is 0 Å². The van der Waals surface area contributed by atoms with Gasteiger partial charge in [-0.05, 0) is 44.7 Å². The topological polar surface area (TPSA) is 72.8 Å². The number of ether oxygens (including phenoxy) is 2. The Hall–Kier alpha value is -2.30. The van der Waals surface area contributed by atoms with Gasteiger partial charge in [-0.1, -0.05) is 11.6 Å². The summed E-state index contributed by atoms with van der Waals surface area (Å²) in [5.74, 6) is -0.305. The predicted octanol–water partition coefficient (Wildman–Crippen LogP) is 3.34. The van der Waals surface area contributed by atoms with Crippen LogP contribution in [0.4, 0.5) is 0 Å². The van der Waals surface area contributed by atoms with Crippen molar-refractivity contribution in [2.45, 2.75) is 46.6 Å². The molecule has 23 heavy (non-hydrogen) atoms. The molecule has 0 unspecified atom stereocenters. The van der Waals surface area contributed by atoms with E-state index < -0.39 is 5.97 Å². The second-order valence-corrected chi connectivity index (χ2v) is 5.84. The first-order valence-electron chi connectivity index (χ1n) is 7.60. The van der Waals surface area contributed by atoms with Gasteiger partial charge in [0.05, 0.1) is 12.7 Å². The van der Waals surface area contributed by atoms with E-state index in [1.54, 1.807) is 7.11 Å². The number of aliphatic carboxylic acids is 1. The summed E-state index contributed by atoms with van der Waals surface area (Å²) in [5, 5.41) is 8.75. The third-order valence-corrected chi connectivity index (χ3v) is 4.34. The van der Waals surface area contributed by atoms with Crippen molar-refractivity contribution in [3.05, 3.63) is 39.5 Å². The summed E-state index contributed by atoms with van der Waals surface area (Å²) in [6, 6.07) is 0. The number of carbonyl (C=O) groups is 2. The molecule has 0 fully saturated rings. The third kappa shape index (κ3) is 3.38. The number of carboxylic acids is 1. The van der Waals surface area contributed by atoms with Crippen molar-refractivity contribution < 1.29 is 24.2 Å². The van der Waals surface area contributed by atoms with Gasteiger partial charge in [-0.15, -0.1) is 0 Å². The number of carbonyl (C=O) groups excluding carboxylic acids is 1. The van der Waals surface area contributed by atoms with Gasteiger partial charge in [0, 0.05) is 17.5 Å². The summed E-state index contributed by atoms with van der Waals surface area (Å²) in [6.45, 7) is 6.05. The van der Waals surface area contributed by atoms with Gasteiger partial charge in [-0.3, -0.25) is 4.79 Å². The standard InChI is InChI=1S/C18H22O5/c1-10(6-8-15(19)20)5-7-13-11(2)16-14(9-23-18(16)21)12(3)17(13)22-4/h5H,6-9H2,1-4H3,(H,19,20). The summed E-state index contributed by atoms with van der Waals surface area (Å²) in [7, 11) is 1.62. The van der Waals surface area contributed by atoms with E-state index in [0.717, 1.165) is 33.6 Å². The number of fused-ring (bicyclic) bond motifs is 1. The molecule has 1 N–H and O–H groups in total. The normalized spacial score (nSPS) is 13.7. The molecule has 0 bridgehead atoms. The number of hydrogen-bond acceptors (Lipinski definition) is 4. The Bertz CT molecular complexity index is 685. The maximum atomic E-state index is 12.0. The summed E-state index contributed by atoms with van der Waals surface area (Å²) in [5.41, 5.74) is 5.33. The number of cyclic esters (lactones) is 1. The maximum Gasteiger partial charge on any atom is 0.339 e. The van der Waals surface area contributed by atoms with Gasteiger partial charge >= 0.3 is 11.9 Å². The van der Waals surface area contributed by atoms with E-state index >= 15 is 0 Å². The predicted molar refractivity (Wildman–Crippen MR) is 85.9 cm³/mol. The van der Waals surface area contributed by atoms with Crippen molar-refractivity contribution in [1.29, 1.82) is 0 Å². The van der Waals surface area contributed by atoms with Gasteiger partial charge in [0.2, 0.25) is 0 Å². The van der Waals surface area contributed by atoms with Gasteiger partial charge in [0.25, 0.3) is 0 Å². The molecule has 1 aliphatic heterocycles. The minimum Gasteiger partial charge on any atom is -0.496 e. The molecule has 1 aromatic rings. The van der Waals surface area contributed by atoms with Gasteiger partial charge in [0.1, 0.15) is 12.4 Å². The number of methoxy groups -OCH3 is 1. The number of allylic oxidation sites excluding steroid dienone is 2. The lowest BCUT2D eigenvalue weighted by Crippen LogP contribution is -2.06. The molecule has 1 aromatic carbocycles. The zero-order valence-electron chi connectivity index (χ0n) is 14.0. The molecular weight excluding hydrogens is 296 g/mol. The molecule has 0 radical (unpaired) electrons. The van der Waals surface area contributed by atoms with E-state index in [2.05, 4.69) is 0 Å². The van der Waals surface area contributed by atoms with Crippen LogP contribution in [0.25, 0.3) is 0 Å². The Labute approximate surface area is 135 Å². The molecule has 0 saturated heterocycles. The number of benzene rings is 1. The number of rotatable bonds is 6. The number of esters is 1. The lowest BCUT2D eigenvalue weighted by Gasteiger charge is -2.17. The van der Waals surface area contributed by atoms with Gasteiger partial charge in [-0.25, -0.2) is 4.79 Å². The number of hydrogen-bond donors (Lipinski definition) is 1. The Morgan fingerprint density at radius 3 is 2.61 bits per heavy atom. The van der Waals surface area contributed by atoms with Gasteiger partial charge < -0.3 is 14.6 Å².